The molecular formula is C16H21NOS. The molecule has 0 saturated heterocycles. The van der Waals surface area contributed by atoms with Crippen molar-refractivity contribution >= 4 is 11.3 Å². The van der Waals surface area contributed by atoms with Gasteiger partial charge in [-0.05, 0) is 56.0 Å². The van der Waals surface area contributed by atoms with E-state index in [0.29, 0.717) is 0 Å². The van der Waals surface area contributed by atoms with E-state index in [9.17, 15) is 0 Å². The van der Waals surface area contributed by atoms with Crippen LogP contribution in [0.2, 0.25) is 0 Å². The van der Waals surface area contributed by atoms with Crippen molar-refractivity contribution in [1.29, 1.82) is 0 Å². The largest absolute Gasteiger partial charge is 0.496 e. The van der Waals surface area contributed by atoms with Crippen LogP contribution < -0.4 is 10.5 Å². The number of thiophene rings is 1. The lowest BCUT2D eigenvalue weighted by molar-refractivity contribution is 0.408. The molecule has 1 atom stereocenters. The van der Waals surface area contributed by atoms with Crippen LogP contribution in [0.15, 0.2) is 18.2 Å². The Balaban J connectivity index is 2.41. The maximum absolute atomic E-state index is 6.40. The quantitative estimate of drug-likeness (QED) is 0.917. The number of hydrogen-bond donors (Lipinski definition) is 1. The van der Waals surface area contributed by atoms with E-state index in [1.54, 1.807) is 18.4 Å². The minimum absolute atomic E-state index is 0.0549. The van der Waals surface area contributed by atoms with E-state index < -0.39 is 0 Å². The number of ether oxygens (including phenoxy) is 1. The van der Waals surface area contributed by atoms with E-state index in [-0.39, 0.29) is 6.04 Å². The van der Waals surface area contributed by atoms with Gasteiger partial charge in [-0.15, -0.1) is 11.3 Å². The summed E-state index contributed by atoms with van der Waals surface area (Å²) in [5.74, 6) is 0.953. The number of nitrogens with two attached hydrogens (primary N) is 1. The third kappa shape index (κ3) is 2.67. The molecule has 0 aliphatic rings. The third-order valence-corrected chi connectivity index (χ3v) is 4.77. The van der Waals surface area contributed by atoms with Crippen molar-refractivity contribution in [3.05, 3.63) is 50.2 Å². The van der Waals surface area contributed by atoms with Gasteiger partial charge in [-0.3, -0.25) is 0 Å². The molecule has 0 saturated carbocycles. The second kappa shape index (κ2) is 5.35. The number of benzene rings is 1. The fourth-order valence-corrected chi connectivity index (χ4v) is 3.48. The van der Waals surface area contributed by atoms with Gasteiger partial charge < -0.3 is 10.5 Å². The molecule has 2 aromatic rings. The second-order valence-electron chi connectivity index (χ2n) is 5.05. The van der Waals surface area contributed by atoms with Crippen LogP contribution >= 0.6 is 11.3 Å². The van der Waals surface area contributed by atoms with E-state index in [2.05, 4.69) is 45.9 Å². The molecule has 2 N–H and O–H groups in total. The van der Waals surface area contributed by atoms with Gasteiger partial charge in [-0.2, -0.15) is 0 Å². The summed E-state index contributed by atoms with van der Waals surface area (Å²) < 4.78 is 5.40. The van der Waals surface area contributed by atoms with Crippen LogP contribution in [0.3, 0.4) is 0 Å². The second-order valence-corrected chi connectivity index (χ2v) is 6.34. The summed E-state index contributed by atoms with van der Waals surface area (Å²) in [5, 5.41) is 0. The first-order valence-corrected chi connectivity index (χ1v) is 7.23. The molecule has 0 aliphatic carbocycles. The molecule has 2 nitrogen and oxygen atoms in total. The van der Waals surface area contributed by atoms with Gasteiger partial charge in [0, 0.05) is 9.75 Å². The monoisotopic (exact) mass is 275 g/mol. The van der Waals surface area contributed by atoms with Gasteiger partial charge >= 0.3 is 0 Å². The highest BCUT2D eigenvalue weighted by molar-refractivity contribution is 7.12. The van der Waals surface area contributed by atoms with Gasteiger partial charge in [0.1, 0.15) is 5.75 Å². The number of aryl methyl sites for hydroxylation is 4. The first-order valence-electron chi connectivity index (χ1n) is 6.41. The molecule has 1 aromatic heterocycles. The smallest absolute Gasteiger partial charge is 0.124 e. The minimum atomic E-state index is -0.0549. The standard InChI is InChI=1S/C16H21NOS/c1-9-8-14(19-12(9)4)15(17)13-6-10(2)16(18-5)11(3)7-13/h6-8,15H,17H2,1-5H3. The molecule has 0 bridgehead atoms. The van der Waals surface area contributed by atoms with Gasteiger partial charge in [-0.25, -0.2) is 0 Å². The Morgan fingerprint density at radius 3 is 2.00 bits per heavy atom. The van der Waals surface area contributed by atoms with E-state index in [0.717, 1.165) is 22.4 Å². The van der Waals surface area contributed by atoms with Crippen molar-refractivity contribution in [2.24, 2.45) is 5.73 Å². The Morgan fingerprint density at radius 1 is 1.00 bits per heavy atom. The van der Waals surface area contributed by atoms with Gasteiger partial charge in [0.25, 0.3) is 0 Å². The lowest BCUT2D eigenvalue weighted by Crippen LogP contribution is -2.11. The van der Waals surface area contributed by atoms with Crippen molar-refractivity contribution in [2.45, 2.75) is 33.7 Å². The summed E-state index contributed by atoms with van der Waals surface area (Å²) in [6.45, 7) is 8.40. The Morgan fingerprint density at radius 2 is 1.58 bits per heavy atom. The van der Waals surface area contributed by atoms with E-state index in [1.807, 2.05) is 0 Å². The summed E-state index contributed by atoms with van der Waals surface area (Å²) in [6.07, 6.45) is 0. The number of rotatable bonds is 3. The predicted molar refractivity (Wildman–Crippen MR) is 82.3 cm³/mol. The Hall–Kier alpha value is -1.32. The van der Waals surface area contributed by atoms with Gasteiger partial charge in [0.2, 0.25) is 0 Å². The zero-order chi connectivity index (χ0) is 14.2. The zero-order valence-corrected chi connectivity index (χ0v) is 13.0. The topological polar surface area (TPSA) is 35.2 Å². The van der Waals surface area contributed by atoms with Crippen LogP contribution in [-0.4, -0.2) is 7.11 Å². The third-order valence-electron chi connectivity index (χ3n) is 3.54. The Kier molecular flexibility index (Phi) is 3.97. The summed E-state index contributed by atoms with van der Waals surface area (Å²) in [4.78, 5) is 2.56. The van der Waals surface area contributed by atoms with Crippen LogP contribution in [0, 0.1) is 27.7 Å². The Labute approximate surface area is 119 Å². The van der Waals surface area contributed by atoms with Crippen molar-refractivity contribution < 1.29 is 4.74 Å². The van der Waals surface area contributed by atoms with Gasteiger partial charge in [0.15, 0.2) is 0 Å². The van der Waals surface area contributed by atoms with E-state index >= 15 is 0 Å². The molecule has 1 unspecified atom stereocenters. The first kappa shape index (κ1) is 14.1. The van der Waals surface area contributed by atoms with Crippen molar-refractivity contribution in [1.82, 2.24) is 0 Å². The minimum Gasteiger partial charge on any atom is -0.496 e. The predicted octanol–water partition coefficient (Wildman–Crippen LogP) is 4.04. The molecule has 19 heavy (non-hydrogen) atoms. The molecule has 0 fully saturated rings. The maximum atomic E-state index is 6.40. The van der Waals surface area contributed by atoms with Crippen LogP contribution in [0.1, 0.15) is 38.0 Å². The maximum Gasteiger partial charge on any atom is 0.124 e. The summed E-state index contributed by atoms with van der Waals surface area (Å²) in [6, 6.07) is 6.39. The molecule has 1 heterocycles. The lowest BCUT2D eigenvalue weighted by Gasteiger charge is -2.15. The van der Waals surface area contributed by atoms with E-state index in [4.69, 9.17) is 10.5 Å². The highest BCUT2D eigenvalue weighted by Crippen LogP contribution is 2.32. The highest BCUT2D eigenvalue weighted by Gasteiger charge is 2.15. The fraction of sp³-hybridized carbons (Fsp3) is 0.375. The Bertz CT molecular complexity index is 558. The molecule has 3 heteroatoms. The molecular weight excluding hydrogens is 254 g/mol. The average Bonchev–Trinajstić information content (AvgIpc) is 2.68. The average molecular weight is 275 g/mol. The summed E-state index contributed by atoms with van der Waals surface area (Å²) in [7, 11) is 1.71. The van der Waals surface area contributed by atoms with E-state index in [1.165, 1.54) is 15.3 Å². The molecule has 0 spiro atoms. The van der Waals surface area contributed by atoms with Crippen molar-refractivity contribution in [3.63, 3.8) is 0 Å². The van der Waals surface area contributed by atoms with Crippen molar-refractivity contribution in [3.8, 4) is 5.75 Å². The van der Waals surface area contributed by atoms with Crippen LogP contribution in [0.5, 0.6) is 5.75 Å². The number of methoxy groups -OCH3 is 1. The summed E-state index contributed by atoms with van der Waals surface area (Å²) in [5.41, 5.74) is 11.1. The fourth-order valence-electron chi connectivity index (χ4n) is 2.40. The van der Waals surface area contributed by atoms with Gasteiger partial charge in [-0.1, -0.05) is 12.1 Å². The zero-order valence-electron chi connectivity index (χ0n) is 12.2. The molecule has 0 radical (unpaired) electrons. The normalized spacial score (nSPS) is 12.5. The first-order chi connectivity index (χ1) is 8.93. The van der Waals surface area contributed by atoms with Crippen LogP contribution in [0.25, 0.3) is 0 Å². The molecule has 1 aromatic carbocycles. The highest BCUT2D eigenvalue weighted by atomic mass is 32.1. The lowest BCUT2D eigenvalue weighted by atomic mass is 9.99. The van der Waals surface area contributed by atoms with Crippen LogP contribution in [-0.2, 0) is 0 Å². The molecule has 102 valence electrons. The van der Waals surface area contributed by atoms with Crippen LogP contribution in [0.4, 0.5) is 0 Å². The molecule has 0 aliphatic heterocycles. The van der Waals surface area contributed by atoms with Gasteiger partial charge in [0.05, 0.1) is 13.2 Å². The number of hydrogen-bond acceptors (Lipinski definition) is 3. The van der Waals surface area contributed by atoms with Crippen molar-refractivity contribution in [2.75, 3.05) is 7.11 Å². The molecule has 0 amide bonds. The SMILES string of the molecule is COc1c(C)cc(C(N)c2cc(C)c(C)s2)cc1C. The summed E-state index contributed by atoms with van der Waals surface area (Å²) >= 11 is 1.78. The molecule has 2 rings (SSSR count).